The molecule has 0 saturated carbocycles. The topological polar surface area (TPSA) is 63.4 Å². The minimum absolute atomic E-state index is 0.103. The lowest BCUT2D eigenvalue weighted by Crippen LogP contribution is -2.45. The van der Waals surface area contributed by atoms with Crippen molar-refractivity contribution in [3.8, 4) is 0 Å². The SMILES string of the molecule is NC(=O)Cc1ccc(C2CCN(C(=O)C(F)(F)F)CC2)cc1. The van der Waals surface area contributed by atoms with E-state index in [0.29, 0.717) is 12.8 Å². The number of likely N-dealkylation sites (tertiary alicyclic amines) is 1. The van der Waals surface area contributed by atoms with E-state index in [0.717, 1.165) is 16.0 Å². The van der Waals surface area contributed by atoms with Gasteiger partial charge in [0.05, 0.1) is 6.42 Å². The fourth-order valence-electron chi connectivity index (χ4n) is 2.70. The molecule has 0 aliphatic carbocycles. The van der Waals surface area contributed by atoms with Gasteiger partial charge in [0.1, 0.15) is 0 Å². The zero-order valence-corrected chi connectivity index (χ0v) is 11.9. The molecule has 1 aliphatic rings. The van der Waals surface area contributed by atoms with Crippen LogP contribution in [0.4, 0.5) is 13.2 Å². The monoisotopic (exact) mass is 314 g/mol. The van der Waals surface area contributed by atoms with Gasteiger partial charge in [-0.25, -0.2) is 0 Å². The van der Waals surface area contributed by atoms with Crippen molar-refractivity contribution >= 4 is 11.8 Å². The highest BCUT2D eigenvalue weighted by molar-refractivity contribution is 5.82. The van der Waals surface area contributed by atoms with Crippen LogP contribution >= 0.6 is 0 Å². The van der Waals surface area contributed by atoms with Crippen LogP contribution in [0.25, 0.3) is 0 Å². The van der Waals surface area contributed by atoms with Gasteiger partial charge in [-0.15, -0.1) is 0 Å². The molecule has 0 bridgehead atoms. The summed E-state index contributed by atoms with van der Waals surface area (Å²) in [5.41, 5.74) is 6.93. The number of hydrogen-bond donors (Lipinski definition) is 1. The lowest BCUT2D eigenvalue weighted by atomic mass is 9.88. The molecule has 22 heavy (non-hydrogen) atoms. The number of primary amides is 1. The molecule has 7 heteroatoms. The molecule has 1 heterocycles. The van der Waals surface area contributed by atoms with Gasteiger partial charge in [-0.3, -0.25) is 9.59 Å². The van der Waals surface area contributed by atoms with Crippen LogP contribution < -0.4 is 5.73 Å². The molecule has 0 aromatic heterocycles. The van der Waals surface area contributed by atoms with E-state index < -0.39 is 18.0 Å². The van der Waals surface area contributed by atoms with Crippen LogP contribution in [-0.4, -0.2) is 36.0 Å². The number of alkyl halides is 3. The minimum atomic E-state index is -4.80. The van der Waals surface area contributed by atoms with E-state index in [2.05, 4.69) is 0 Å². The van der Waals surface area contributed by atoms with Crippen molar-refractivity contribution in [3.63, 3.8) is 0 Å². The first-order valence-electron chi connectivity index (χ1n) is 7.00. The van der Waals surface area contributed by atoms with Gasteiger partial charge in [0, 0.05) is 13.1 Å². The van der Waals surface area contributed by atoms with Crippen molar-refractivity contribution in [2.45, 2.75) is 31.4 Å². The molecule has 120 valence electrons. The van der Waals surface area contributed by atoms with Gasteiger partial charge in [-0.1, -0.05) is 24.3 Å². The lowest BCUT2D eigenvalue weighted by molar-refractivity contribution is -0.186. The van der Waals surface area contributed by atoms with Gasteiger partial charge in [0.2, 0.25) is 5.91 Å². The number of nitrogens with two attached hydrogens (primary N) is 1. The standard InChI is InChI=1S/C15H17F3N2O2/c16-15(17,18)14(22)20-7-5-12(6-8-20)11-3-1-10(2-4-11)9-13(19)21/h1-4,12H,5-9H2,(H2,19,21). The Morgan fingerprint density at radius 2 is 1.68 bits per heavy atom. The first-order chi connectivity index (χ1) is 10.3. The molecule has 2 amide bonds. The van der Waals surface area contributed by atoms with Crippen molar-refractivity contribution in [1.29, 1.82) is 0 Å². The first kappa shape index (κ1) is 16.3. The minimum Gasteiger partial charge on any atom is -0.369 e. The van der Waals surface area contributed by atoms with Crippen molar-refractivity contribution in [1.82, 2.24) is 4.90 Å². The fourth-order valence-corrected chi connectivity index (χ4v) is 2.70. The van der Waals surface area contributed by atoms with Crippen LogP contribution in [0.2, 0.25) is 0 Å². The fraction of sp³-hybridized carbons (Fsp3) is 0.467. The van der Waals surface area contributed by atoms with E-state index >= 15 is 0 Å². The summed E-state index contributed by atoms with van der Waals surface area (Å²) in [5, 5.41) is 0. The third-order valence-electron chi connectivity index (χ3n) is 3.85. The van der Waals surface area contributed by atoms with Crippen LogP contribution in [0.3, 0.4) is 0 Å². The summed E-state index contributed by atoms with van der Waals surface area (Å²) in [6.07, 6.45) is -3.64. The molecule has 4 nitrogen and oxygen atoms in total. The highest BCUT2D eigenvalue weighted by atomic mass is 19.4. The second-order valence-corrected chi connectivity index (χ2v) is 5.45. The van der Waals surface area contributed by atoms with Gasteiger partial charge in [0.25, 0.3) is 0 Å². The smallest absolute Gasteiger partial charge is 0.369 e. The molecule has 0 radical (unpaired) electrons. The predicted molar refractivity (Wildman–Crippen MR) is 74.0 cm³/mol. The molecule has 0 spiro atoms. The zero-order chi connectivity index (χ0) is 16.3. The van der Waals surface area contributed by atoms with E-state index in [1.807, 2.05) is 12.1 Å². The molecule has 1 aromatic rings. The molecule has 2 rings (SSSR count). The van der Waals surface area contributed by atoms with Crippen LogP contribution in [0.15, 0.2) is 24.3 Å². The number of halogens is 3. The van der Waals surface area contributed by atoms with Gasteiger partial charge >= 0.3 is 12.1 Å². The average molecular weight is 314 g/mol. The molecule has 2 N–H and O–H groups in total. The van der Waals surface area contributed by atoms with Crippen molar-refractivity contribution < 1.29 is 22.8 Å². The summed E-state index contributed by atoms with van der Waals surface area (Å²) >= 11 is 0. The maximum atomic E-state index is 12.4. The summed E-state index contributed by atoms with van der Waals surface area (Å²) < 4.78 is 37.1. The number of hydrogen-bond acceptors (Lipinski definition) is 2. The number of amides is 2. The van der Waals surface area contributed by atoms with Gasteiger partial charge in [-0.2, -0.15) is 13.2 Å². The molecule has 1 aromatic carbocycles. The summed E-state index contributed by atoms with van der Waals surface area (Å²) in [6.45, 7) is 0.206. The quantitative estimate of drug-likeness (QED) is 0.927. The largest absolute Gasteiger partial charge is 0.471 e. The Labute approximate surface area is 126 Å². The number of rotatable bonds is 3. The third kappa shape index (κ3) is 3.99. The second-order valence-electron chi connectivity index (χ2n) is 5.45. The van der Waals surface area contributed by atoms with Crippen LogP contribution in [0.5, 0.6) is 0 Å². The van der Waals surface area contributed by atoms with Gasteiger partial charge in [0.15, 0.2) is 0 Å². The number of carbonyl (C=O) groups excluding carboxylic acids is 2. The average Bonchev–Trinajstić information content (AvgIpc) is 2.46. The normalized spacial score (nSPS) is 16.6. The van der Waals surface area contributed by atoms with E-state index in [-0.39, 0.29) is 25.4 Å². The molecule has 1 aliphatic heterocycles. The Kier molecular flexibility index (Phi) is 4.73. The molecule has 0 atom stereocenters. The van der Waals surface area contributed by atoms with Crippen LogP contribution in [0, 0.1) is 0 Å². The van der Waals surface area contributed by atoms with Crippen molar-refractivity contribution in [2.75, 3.05) is 13.1 Å². The molecular formula is C15H17F3N2O2. The molecular weight excluding hydrogens is 297 g/mol. The third-order valence-corrected chi connectivity index (χ3v) is 3.85. The maximum absolute atomic E-state index is 12.4. The molecule has 1 fully saturated rings. The molecule has 1 saturated heterocycles. The van der Waals surface area contributed by atoms with Gasteiger partial charge < -0.3 is 10.6 Å². The Morgan fingerprint density at radius 1 is 1.14 bits per heavy atom. The number of benzene rings is 1. The van der Waals surface area contributed by atoms with E-state index in [1.165, 1.54) is 0 Å². The van der Waals surface area contributed by atoms with Crippen LogP contribution in [-0.2, 0) is 16.0 Å². The Balaban J connectivity index is 1.94. The lowest BCUT2D eigenvalue weighted by Gasteiger charge is -2.32. The second kappa shape index (κ2) is 6.37. The van der Waals surface area contributed by atoms with E-state index in [4.69, 9.17) is 5.73 Å². The number of piperidine rings is 1. The molecule has 0 unspecified atom stereocenters. The Hall–Kier alpha value is -2.05. The van der Waals surface area contributed by atoms with Crippen molar-refractivity contribution in [3.05, 3.63) is 35.4 Å². The Morgan fingerprint density at radius 3 is 2.14 bits per heavy atom. The summed E-state index contributed by atoms with van der Waals surface area (Å²) in [7, 11) is 0. The first-order valence-corrected chi connectivity index (χ1v) is 7.00. The van der Waals surface area contributed by atoms with E-state index in [1.54, 1.807) is 12.1 Å². The summed E-state index contributed by atoms with van der Waals surface area (Å²) in [4.78, 5) is 22.9. The highest BCUT2D eigenvalue weighted by Gasteiger charge is 2.43. The Bertz CT molecular complexity index is 547. The zero-order valence-electron chi connectivity index (χ0n) is 11.9. The van der Waals surface area contributed by atoms with Gasteiger partial charge in [-0.05, 0) is 29.9 Å². The summed E-state index contributed by atoms with van der Waals surface area (Å²) in [6, 6.07) is 7.33. The number of carbonyl (C=O) groups is 2. The maximum Gasteiger partial charge on any atom is 0.471 e. The van der Waals surface area contributed by atoms with Crippen LogP contribution in [0.1, 0.15) is 29.9 Å². The predicted octanol–water partition coefficient (Wildman–Crippen LogP) is 1.98. The van der Waals surface area contributed by atoms with E-state index in [9.17, 15) is 22.8 Å². The number of nitrogens with zero attached hydrogens (tertiary/aromatic N) is 1. The van der Waals surface area contributed by atoms with Crippen molar-refractivity contribution in [2.24, 2.45) is 5.73 Å². The highest BCUT2D eigenvalue weighted by Crippen LogP contribution is 2.30. The summed E-state index contributed by atoms with van der Waals surface area (Å²) in [5.74, 6) is -2.05.